The van der Waals surface area contributed by atoms with Crippen molar-refractivity contribution in [3.8, 4) is 0 Å². The average molecular weight is 296 g/mol. The molecule has 0 aliphatic carbocycles. The second kappa shape index (κ2) is 5.47. The van der Waals surface area contributed by atoms with Gasteiger partial charge in [-0.05, 0) is 24.6 Å². The van der Waals surface area contributed by atoms with Crippen LogP contribution >= 0.6 is 27.5 Å². The van der Waals surface area contributed by atoms with Crippen molar-refractivity contribution < 1.29 is 13.9 Å². The monoisotopic (exact) mass is 294 g/mol. The number of hydrogen-bond donors (Lipinski definition) is 0. The predicted molar refractivity (Wildman–Crippen MR) is 60.0 cm³/mol. The minimum atomic E-state index is -0.542. The smallest absolute Gasteiger partial charge is 0.338 e. The van der Waals surface area contributed by atoms with Crippen LogP contribution in [0.15, 0.2) is 12.1 Å². The van der Waals surface area contributed by atoms with Crippen LogP contribution < -0.4 is 0 Å². The molecule has 5 heteroatoms. The van der Waals surface area contributed by atoms with Crippen molar-refractivity contribution in [1.82, 2.24) is 0 Å². The zero-order valence-corrected chi connectivity index (χ0v) is 10.4. The first-order valence-electron chi connectivity index (χ1n) is 4.31. The molecule has 0 fully saturated rings. The van der Waals surface area contributed by atoms with Crippen molar-refractivity contribution >= 4 is 33.5 Å². The number of carbonyl (C=O) groups excluding carboxylic acids is 1. The first kappa shape index (κ1) is 12.5. The van der Waals surface area contributed by atoms with Gasteiger partial charge in [0, 0.05) is 5.33 Å². The second-order valence-electron chi connectivity index (χ2n) is 2.78. The molecule has 0 heterocycles. The summed E-state index contributed by atoms with van der Waals surface area (Å²) in [7, 11) is 0. The number of carbonyl (C=O) groups is 1. The standard InChI is InChI=1S/C10H9BrClFO2/c1-2-15-10(14)7-4-8(12)9(13)3-6(7)5-11/h3-4H,2,5H2,1H3. The van der Waals surface area contributed by atoms with Crippen LogP contribution in [0, 0.1) is 5.82 Å². The van der Waals surface area contributed by atoms with Gasteiger partial charge in [-0.1, -0.05) is 27.5 Å². The van der Waals surface area contributed by atoms with E-state index >= 15 is 0 Å². The highest BCUT2D eigenvalue weighted by Crippen LogP contribution is 2.22. The molecule has 0 unspecified atom stereocenters. The summed E-state index contributed by atoms with van der Waals surface area (Å²) >= 11 is 8.76. The van der Waals surface area contributed by atoms with Gasteiger partial charge < -0.3 is 4.74 Å². The van der Waals surface area contributed by atoms with Gasteiger partial charge in [-0.15, -0.1) is 0 Å². The number of benzene rings is 1. The Morgan fingerprint density at radius 3 is 2.80 bits per heavy atom. The van der Waals surface area contributed by atoms with Crippen LogP contribution in [-0.4, -0.2) is 12.6 Å². The molecule has 0 bridgehead atoms. The Labute approximate surface area is 101 Å². The third-order valence-electron chi connectivity index (χ3n) is 1.79. The highest BCUT2D eigenvalue weighted by atomic mass is 79.9. The Morgan fingerprint density at radius 1 is 1.60 bits per heavy atom. The Kier molecular flexibility index (Phi) is 4.54. The van der Waals surface area contributed by atoms with Gasteiger partial charge in [0.05, 0.1) is 17.2 Å². The van der Waals surface area contributed by atoms with Crippen molar-refractivity contribution in [3.63, 3.8) is 0 Å². The lowest BCUT2D eigenvalue weighted by molar-refractivity contribution is 0.0525. The van der Waals surface area contributed by atoms with Crippen molar-refractivity contribution in [2.75, 3.05) is 6.61 Å². The Bertz CT molecular complexity index is 382. The molecule has 0 radical (unpaired) electrons. The maximum absolute atomic E-state index is 13.1. The molecule has 0 aromatic heterocycles. The first-order chi connectivity index (χ1) is 7.10. The van der Waals surface area contributed by atoms with Crippen LogP contribution in [0.5, 0.6) is 0 Å². The van der Waals surface area contributed by atoms with Crippen molar-refractivity contribution in [2.24, 2.45) is 0 Å². The second-order valence-corrected chi connectivity index (χ2v) is 3.75. The fraction of sp³-hybridized carbons (Fsp3) is 0.300. The van der Waals surface area contributed by atoms with E-state index in [4.69, 9.17) is 16.3 Å². The maximum atomic E-state index is 13.1. The lowest BCUT2D eigenvalue weighted by Crippen LogP contribution is -2.08. The molecular formula is C10H9BrClFO2. The molecule has 1 rings (SSSR count). The molecule has 0 atom stereocenters. The zero-order chi connectivity index (χ0) is 11.4. The Hall–Kier alpha value is -0.610. The minimum absolute atomic E-state index is 0.0808. The molecule has 15 heavy (non-hydrogen) atoms. The summed E-state index contributed by atoms with van der Waals surface area (Å²) in [5.74, 6) is -1.03. The molecule has 0 N–H and O–H groups in total. The van der Waals surface area contributed by atoms with Gasteiger partial charge in [-0.25, -0.2) is 9.18 Å². The zero-order valence-electron chi connectivity index (χ0n) is 8.02. The van der Waals surface area contributed by atoms with E-state index in [9.17, 15) is 9.18 Å². The summed E-state index contributed by atoms with van der Waals surface area (Å²) in [4.78, 5) is 11.5. The highest BCUT2D eigenvalue weighted by Gasteiger charge is 2.15. The van der Waals surface area contributed by atoms with E-state index in [1.807, 2.05) is 0 Å². The largest absolute Gasteiger partial charge is 0.462 e. The molecule has 82 valence electrons. The van der Waals surface area contributed by atoms with Crippen LogP contribution in [0.25, 0.3) is 0 Å². The van der Waals surface area contributed by atoms with Crippen molar-refractivity contribution in [1.29, 1.82) is 0 Å². The highest BCUT2D eigenvalue weighted by molar-refractivity contribution is 9.08. The molecule has 1 aromatic rings. The Balaban J connectivity index is 3.15. The maximum Gasteiger partial charge on any atom is 0.338 e. The summed E-state index contributed by atoms with van der Waals surface area (Å²) < 4.78 is 17.9. The topological polar surface area (TPSA) is 26.3 Å². The third-order valence-corrected chi connectivity index (χ3v) is 2.68. The number of halogens is 3. The van der Waals surface area contributed by atoms with Gasteiger partial charge in [0.25, 0.3) is 0 Å². The van der Waals surface area contributed by atoms with Gasteiger partial charge >= 0.3 is 5.97 Å². The lowest BCUT2D eigenvalue weighted by Gasteiger charge is -2.07. The number of alkyl halides is 1. The van der Waals surface area contributed by atoms with Crippen LogP contribution in [0.3, 0.4) is 0 Å². The molecule has 1 aromatic carbocycles. The summed E-state index contributed by atoms with van der Waals surface area (Å²) in [6.45, 7) is 1.98. The Morgan fingerprint density at radius 2 is 2.27 bits per heavy atom. The van der Waals surface area contributed by atoms with Gasteiger partial charge in [-0.2, -0.15) is 0 Å². The van der Waals surface area contributed by atoms with Gasteiger partial charge in [0.2, 0.25) is 0 Å². The van der Waals surface area contributed by atoms with Crippen molar-refractivity contribution in [2.45, 2.75) is 12.3 Å². The van der Waals surface area contributed by atoms with Crippen LogP contribution in [0.2, 0.25) is 5.02 Å². The first-order valence-corrected chi connectivity index (χ1v) is 5.81. The molecule has 0 saturated heterocycles. The number of hydrogen-bond acceptors (Lipinski definition) is 2. The summed E-state index contributed by atoms with van der Waals surface area (Å²) in [6, 6.07) is 2.51. The molecule has 2 nitrogen and oxygen atoms in total. The van der Waals surface area contributed by atoms with Gasteiger partial charge in [0.15, 0.2) is 0 Å². The molecule has 0 spiro atoms. The number of ether oxygens (including phenoxy) is 1. The van der Waals surface area contributed by atoms with Crippen LogP contribution in [0.4, 0.5) is 4.39 Å². The number of esters is 1. The van der Waals surface area contributed by atoms with E-state index < -0.39 is 11.8 Å². The van der Waals surface area contributed by atoms with E-state index in [1.54, 1.807) is 6.92 Å². The summed E-state index contributed by atoms with van der Waals surface area (Å²) in [6.07, 6.45) is 0. The van der Waals surface area contributed by atoms with Crippen LogP contribution in [0.1, 0.15) is 22.8 Å². The summed E-state index contributed by atoms with van der Waals surface area (Å²) in [5.41, 5.74) is 0.815. The van der Waals surface area contributed by atoms with E-state index in [-0.39, 0.29) is 11.6 Å². The fourth-order valence-corrected chi connectivity index (χ4v) is 1.73. The van der Waals surface area contributed by atoms with E-state index in [1.165, 1.54) is 12.1 Å². The van der Waals surface area contributed by atoms with Gasteiger partial charge in [0.1, 0.15) is 5.82 Å². The van der Waals surface area contributed by atoms with E-state index in [0.717, 1.165) is 0 Å². The molecule has 0 saturated carbocycles. The summed E-state index contributed by atoms with van der Waals surface area (Å²) in [5, 5.41) is 0.289. The SMILES string of the molecule is CCOC(=O)c1cc(Cl)c(F)cc1CBr. The van der Waals surface area contributed by atoms with E-state index in [0.29, 0.717) is 16.5 Å². The number of rotatable bonds is 3. The van der Waals surface area contributed by atoms with Crippen molar-refractivity contribution in [3.05, 3.63) is 34.1 Å². The normalized spacial score (nSPS) is 10.1. The lowest BCUT2D eigenvalue weighted by atomic mass is 10.1. The van der Waals surface area contributed by atoms with E-state index in [2.05, 4.69) is 15.9 Å². The molecule has 0 aliphatic heterocycles. The quantitative estimate of drug-likeness (QED) is 0.629. The third kappa shape index (κ3) is 2.92. The fourth-order valence-electron chi connectivity index (χ4n) is 1.10. The van der Waals surface area contributed by atoms with Gasteiger partial charge in [-0.3, -0.25) is 0 Å². The average Bonchev–Trinajstić information content (AvgIpc) is 2.21. The predicted octanol–water partition coefficient (Wildman–Crippen LogP) is 3.55. The molecular weight excluding hydrogens is 286 g/mol. The van der Waals surface area contributed by atoms with Crippen LogP contribution in [-0.2, 0) is 10.1 Å². The molecule has 0 amide bonds. The minimum Gasteiger partial charge on any atom is -0.462 e. The molecule has 0 aliphatic rings.